The van der Waals surface area contributed by atoms with Crippen molar-refractivity contribution in [1.82, 2.24) is 0 Å². The van der Waals surface area contributed by atoms with Gasteiger partial charge >= 0.3 is 11.9 Å². The SMILES string of the molecule is O=C(O)/C=C\C(Cl)=C(\Cl)C(=O)O. The molecule has 0 radical (unpaired) electrons. The van der Waals surface area contributed by atoms with Gasteiger partial charge in [-0.3, -0.25) is 0 Å². The molecule has 2 N–H and O–H groups in total. The smallest absolute Gasteiger partial charge is 0.348 e. The monoisotopic (exact) mass is 210 g/mol. The minimum atomic E-state index is -1.41. The number of carboxylic acids is 2. The zero-order valence-electron chi connectivity index (χ0n) is 5.62. The molecule has 0 heterocycles. The molecule has 0 saturated carbocycles. The normalized spacial score (nSPS) is 12.8. The summed E-state index contributed by atoms with van der Waals surface area (Å²) in [4.78, 5) is 20.1. The Morgan fingerprint density at radius 1 is 1.08 bits per heavy atom. The molecule has 0 spiro atoms. The summed E-state index contributed by atoms with van der Waals surface area (Å²) in [6.07, 6.45) is 1.58. The van der Waals surface area contributed by atoms with Crippen molar-refractivity contribution < 1.29 is 19.8 Å². The van der Waals surface area contributed by atoms with Crippen molar-refractivity contribution >= 4 is 35.1 Å². The highest BCUT2D eigenvalue weighted by atomic mass is 35.5. The van der Waals surface area contributed by atoms with Crippen LogP contribution in [0.2, 0.25) is 0 Å². The van der Waals surface area contributed by atoms with Gasteiger partial charge in [0, 0.05) is 6.08 Å². The van der Waals surface area contributed by atoms with Crippen molar-refractivity contribution in [1.29, 1.82) is 0 Å². The van der Waals surface area contributed by atoms with Gasteiger partial charge in [-0.1, -0.05) is 23.2 Å². The van der Waals surface area contributed by atoms with E-state index in [-0.39, 0.29) is 5.03 Å². The van der Waals surface area contributed by atoms with Crippen LogP contribution in [0, 0.1) is 0 Å². The largest absolute Gasteiger partial charge is 0.478 e. The van der Waals surface area contributed by atoms with Crippen molar-refractivity contribution in [2.45, 2.75) is 0 Å². The molecule has 0 rings (SSSR count). The molecule has 0 bridgehead atoms. The van der Waals surface area contributed by atoms with Gasteiger partial charge < -0.3 is 10.2 Å². The van der Waals surface area contributed by atoms with Crippen molar-refractivity contribution in [2.24, 2.45) is 0 Å². The Kier molecular flexibility index (Phi) is 4.39. The number of hydrogen-bond donors (Lipinski definition) is 2. The number of halogens is 2. The van der Waals surface area contributed by atoms with Gasteiger partial charge in [-0.05, 0) is 6.08 Å². The Labute approximate surface area is 77.7 Å². The maximum absolute atomic E-state index is 10.1. The van der Waals surface area contributed by atoms with E-state index >= 15 is 0 Å². The van der Waals surface area contributed by atoms with Crippen LogP contribution in [0.15, 0.2) is 22.2 Å². The molecule has 0 aliphatic carbocycles. The molecule has 4 nitrogen and oxygen atoms in total. The van der Waals surface area contributed by atoms with Crippen LogP contribution in [0.4, 0.5) is 0 Å². The molecule has 0 saturated heterocycles. The molecular formula is C6H4Cl2O4. The highest BCUT2D eigenvalue weighted by Gasteiger charge is 2.07. The number of allylic oxidation sites excluding steroid dienone is 2. The molecule has 0 aliphatic rings. The first kappa shape index (κ1) is 11.0. The van der Waals surface area contributed by atoms with Gasteiger partial charge in [0.25, 0.3) is 0 Å². The van der Waals surface area contributed by atoms with Crippen molar-refractivity contribution in [3.63, 3.8) is 0 Å². The minimum Gasteiger partial charge on any atom is -0.478 e. The van der Waals surface area contributed by atoms with Crippen LogP contribution in [0.25, 0.3) is 0 Å². The molecule has 0 aromatic rings. The zero-order chi connectivity index (χ0) is 9.72. The van der Waals surface area contributed by atoms with Crippen molar-refractivity contribution in [3.8, 4) is 0 Å². The average molecular weight is 211 g/mol. The third kappa shape index (κ3) is 4.00. The van der Waals surface area contributed by atoms with Crippen LogP contribution in [0.3, 0.4) is 0 Å². The summed E-state index contributed by atoms with van der Waals surface area (Å²) in [5.41, 5.74) is 0. The van der Waals surface area contributed by atoms with E-state index in [4.69, 9.17) is 33.4 Å². The predicted molar refractivity (Wildman–Crippen MR) is 43.1 cm³/mol. The lowest BCUT2D eigenvalue weighted by atomic mass is 10.4. The quantitative estimate of drug-likeness (QED) is 0.546. The number of carbonyl (C=O) groups is 2. The van der Waals surface area contributed by atoms with Gasteiger partial charge in [-0.25, -0.2) is 9.59 Å². The second kappa shape index (κ2) is 4.79. The van der Waals surface area contributed by atoms with Gasteiger partial charge in [0.1, 0.15) is 5.03 Å². The first-order chi connectivity index (χ1) is 5.45. The summed E-state index contributed by atoms with van der Waals surface area (Å²) in [7, 11) is 0. The summed E-state index contributed by atoms with van der Waals surface area (Å²) in [6, 6.07) is 0. The maximum Gasteiger partial charge on any atom is 0.348 e. The maximum atomic E-state index is 10.1. The van der Waals surface area contributed by atoms with E-state index in [9.17, 15) is 9.59 Å². The Morgan fingerprint density at radius 3 is 1.92 bits per heavy atom. The Balaban J connectivity index is 4.58. The first-order valence-electron chi connectivity index (χ1n) is 2.64. The standard InChI is InChI=1S/C6H4Cl2O4/c7-3(1-2-4(9)10)5(8)6(11)12/h1-2H,(H,9,10)(H,11,12)/b2-1-,5-3-. The predicted octanol–water partition coefficient (Wildman–Crippen LogP) is 1.40. The third-order valence-corrected chi connectivity index (χ3v) is 1.55. The third-order valence-electron chi connectivity index (χ3n) is 0.770. The number of hydrogen-bond acceptors (Lipinski definition) is 2. The molecule has 0 atom stereocenters. The van der Waals surface area contributed by atoms with Gasteiger partial charge in [0.15, 0.2) is 0 Å². The fourth-order valence-corrected chi connectivity index (χ4v) is 0.527. The van der Waals surface area contributed by atoms with Crippen LogP contribution in [-0.4, -0.2) is 22.2 Å². The topological polar surface area (TPSA) is 74.6 Å². The van der Waals surface area contributed by atoms with Crippen LogP contribution in [0.1, 0.15) is 0 Å². The molecule has 0 unspecified atom stereocenters. The molecule has 6 heteroatoms. The fraction of sp³-hybridized carbons (Fsp3) is 0. The van der Waals surface area contributed by atoms with E-state index in [1.807, 2.05) is 0 Å². The van der Waals surface area contributed by atoms with Crippen molar-refractivity contribution in [2.75, 3.05) is 0 Å². The van der Waals surface area contributed by atoms with E-state index in [2.05, 4.69) is 0 Å². The summed E-state index contributed by atoms with van der Waals surface area (Å²) in [6.45, 7) is 0. The molecule has 0 fully saturated rings. The molecule has 0 aromatic carbocycles. The summed E-state index contributed by atoms with van der Waals surface area (Å²) in [5.74, 6) is -2.64. The van der Waals surface area contributed by atoms with Crippen LogP contribution in [0.5, 0.6) is 0 Å². The van der Waals surface area contributed by atoms with Crippen LogP contribution >= 0.6 is 23.2 Å². The van der Waals surface area contributed by atoms with E-state index in [0.717, 1.165) is 6.08 Å². The molecular weight excluding hydrogens is 207 g/mol. The van der Waals surface area contributed by atoms with Gasteiger partial charge in [0.05, 0.1) is 5.03 Å². The van der Waals surface area contributed by atoms with Crippen molar-refractivity contribution in [3.05, 3.63) is 22.2 Å². The Morgan fingerprint density at radius 2 is 1.58 bits per heavy atom. The fourth-order valence-electron chi connectivity index (χ4n) is 0.320. The number of aliphatic carboxylic acids is 2. The zero-order valence-corrected chi connectivity index (χ0v) is 7.13. The Hall–Kier alpha value is -1.00. The number of rotatable bonds is 3. The van der Waals surface area contributed by atoms with Gasteiger partial charge in [-0.15, -0.1) is 0 Å². The lowest BCUT2D eigenvalue weighted by molar-refractivity contribution is -0.132. The van der Waals surface area contributed by atoms with E-state index in [1.165, 1.54) is 0 Å². The van der Waals surface area contributed by atoms with E-state index in [1.54, 1.807) is 0 Å². The van der Waals surface area contributed by atoms with Gasteiger partial charge in [-0.2, -0.15) is 0 Å². The Bertz CT molecular complexity index is 267. The summed E-state index contributed by atoms with van der Waals surface area (Å²) < 4.78 is 0. The van der Waals surface area contributed by atoms with E-state index in [0.29, 0.717) is 6.08 Å². The second-order valence-corrected chi connectivity index (χ2v) is 2.42. The second-order valence-electron chi connectivity index (χ2n) is 1.64. The first-order valence-corrected chi connectivity index (χ1v) is 3.40. The van der Waals surface area contributed by atoms with Crippen LogP contribution in [-0.2, 0) is 9.59 Å². The summed E-state index contributed by atoms with van der Waals surface area (Å²) in [5, 5.41) is 15.4. The molecule has 0 amide bonds. The number of carboxylic acid groups (broad SMARTS) is 2. The van der Waals surface area contributed by atoms with Crippen LogP contribution < -0.4 is 0 Å². The highest BCUT2D eigenvalue weighted by Crippen LogP contribution is 2.14. The lowest BCUT2D eigenvalue weighted by Gasteiger charge is -1.90. The highest BCUT2D eigenvalue weighted by molar-refractivity contribution is 6.47. The molecule has 0 aromatic heterocycles. The van der Waals surface area contributed by atoms with E-state index < -0.39 is 17.0 Å². The molecule has 12 heavy (non-hydrogen) atoms. The van der Waals surface area contributed by atoms with Gasteiger partial charge in [0.2, 0.25) is 0 Å². The lowest BCUT2D eigenvalue weighted by Crippen LogP contribution is -1.95. The molecule has 66 valence electrons. The summed E-state index contributed by atoms with van der Waals surface area (Å²) >= 11 is 10.4. The molecule has 0 aliphatic heterocycles. The minimum absolute atomic E-state index is 0.327. The average Bonchev–Trinajstić information content (AvgIpc) is 1.98.